The number of carbonyl (C=O) groups excluding carboxylic acids is 1. The smallest absolute Gasteiger partial charge is 0.354 e. The molecule has 0 aliphatic carbocycles. The fraction of sp³-hybridized carbons (Fsp3) is 0.364. The fourth-order valence-corrected chi connectivity index (χ4v) is 1.73. The van der Waals surface area contributed by atoms with E-state index in [-0.39, 0.29) is 17.5 Å². The van der Waals surface area contributed by atoms with Gasteiger partial charge in [-0.2, -0.15) is 0 Å². The van der Waals surface area contributed by atoms with Crippen molar-refractivity contribution in [3.63, 3.8) is 0 Å². The van der Waals surface area contributed by atoms with Crippen LogP contribution in [-0.2, 0) is 0 Å². The van der Waals surface area contributed by atoms with Gasteiger partial charge in [0.25, 0.3) is 0 Å². The van der Waals surface area contributed by atoms with Crippen LogP contribution >= 0.6 is 0 Å². The molecule has 1 saturated heterocycles. The van der Waals surface area contributed by atoms with Crippen molar-refractivity contribution in [3.05, 3.63) is 23.9 Å². The number of anilines is 1. The lowest BCUT2D eigenvalue weighted by Crippen LogP contribution is -2.32. The standard InChI is InChI=1S/C11H13N3O3/c15-10(16)8-4-3-5-9(12-8)13-11(17)14-6-1-2-7-14/h3-5H,1-2,6-7H2,(H,15,16)(H,12,13,17). The molecule has 0 radical (unpaired) electrons. The summed E-state index contributed by atoms with van der Waals surface area (Å²) in [7, 11) is 0. The monoisotopic (exact) mass is 235 g/mol. The van der Waals surface area contributed by atoms with Crippen LogP contribution < -0.4 is 5.32 Å². The van der Waals surface area contributed by atoms with Gasteiger partial charge < -0.3 is 10.0 Å². The molecule has 1 aliphatic rings. The molecule has 1 aliphatic heterocycles. The second kappa shape index (κ2) is 4.82. The number of nitrogens with zero attached hydrogens (tertiary/aromatic N) is 2. The van der Waals surface area contributed by atoms with Crippen LogP contribution in [0.1, 0.15) is 23.3 Å². The van der Waals surface area contributed by atoms with Crippen LogP contribution in [0.4, 0.5) is 10.6 Å². The molecule has 2 N–H and O–H groups in total. The quantitative estimate of drug-likeness (QED) is 0.811. The van der Waals surface area contributed by atoms with Crippen LogP contribution in [0.5, 0.6) is 0 Å². The van der Waals surface area contributed by atoms with Crippen LogP contribution in [0.2, 0.25) is 0 Å². The molecule has 0 aromatic carbocycles. The van der Waals surface area contributed by atoms with E-state index in [4.69, 9.17) is 5.11 Å². The highest BCUT2D eigenvalue weighted by molar-refractivity contribution is 5.90. The first-order chi connectivity index (χ1) is 8.16. The SMILES string of the molecule is O=C(O)c1cccc(NC(=O)N2CCCC2)n1. The average molecular weight is 235 g/mol. The second-order valence-electron chi connectivity index (χ2n) is 3.84. The van der Waals surface area contributed by atoms with E-state index < -0.39 is 5.97 Å². The van der Waals surface area contributed by atoms with Crippen molar-refractivity contribution in [2.75, 3.05) is 18.4 Å². The van der Waals surface area contributed by atoms with E-state index in [1.54, 1.807) is 17.0 Å². The summed E-state index contributed by atoms with van der Waals surface area (Å²) in [5.74, 6) is -0.843. The molecule has 1 aromatic rings. The minimum Gasteiger partial charge on any atom is -0.477 e. The zero-order chi connectivity index (χ0) is 12.3. The molecular weight excluding hydrogens is 222 g/mol. The Labute approximate surface area is 98.3 Å². The number of urea groups is 1. The van der Waals surface area contributed by atoms with E-state index >= 15 is 0 Å². The van der Waals surface area contributed by atoms with E-state index in [0.717, 1.165) is 25.9 Å². The van der Waals surface area contributed by atoms with Crippen molar-refractivity contribution in [1.82, 2.24) is 9.88 Å². The molecule has 90 valence electrons. The normalized spacial score (nSPS) is 14.7. The highest BCUT2D eigenvalue weighted by Crippen LogP contribution is 2.11. The molecule has 2 amide bonds. The molecule has 0 spiro atoms. The lowest BCUT2D eigenvalue weighted by Gasteiger charge is -2.15. The Bertz CT molecular complexity index is 441. The number of likely N-dealkylation sites (tertiary alicyclic amines) is 1. The maximum absolute atomic E-state index is 11.7. The lowest BCUT2D eigenvalue weighted by molar-refractivity contribution is 0.0690. The van der Waals surface area contributed by atoms with Gasteiger partial charge in [-0.1, -0.05) is 6.07 Å². The minimum atomic E-state index is -1.11. The Kier molecular flexibility index (Phi) is 3.22. The Balaban J connectivity index is 2.05. The van der Waals surface area contributed by atoms with Crippen LogP contribution in [0.15, 0.2) is 18.2 Å². The number of carboxylic acid groups (broad SMARTS) is 1. The zero-order valence-electron chi connectivity index (χ0n) is 9.22. The predicted octanol–water partition coefficient (Wildman–Crippen LogP) is 1.41. The summed E-state index contributed by atoms with van der Waals surface area (Å²) in [6, 6.07) is 4.28. The van der Waals surface area contributed by atoms with Gasteiger partial charge in [-0.05, 0) is 25.0 Å². The first-order valence-corrected chi connectivity index (χ1v) is 5.43. The Hall–Kier alpha value is -2.11. The minimum absolute atomic E-state index is 0.0794. The Morgan fingerprint density at radius 3 is 2.65 bits per heavy atom. The number of hydrogen-bond donors (Lipinski definition) is 2. The molecular formula is C11H13N3O3. The summed E-state index contributed by atoms with van der Waals surface area (Å²) in [5, 5.41) is 11.4. The molecule has 1 aromatic heterocycles. The number of rotatable bonds is 2. The zero-order valence-corrected chi connectivity index (χ0v) is 9.22. The maximum Gasteiger partial charge on any atom is 0.354 e. The summed E-state index contributed by atoms with van der Waals surface area (Å²) in [4.78, 5) is 27.9. The first kappa shape index (κ1) is 11.4. The maximum atomic E-state index is 11.7. The summed E-state index contributed by atoms with van der Waals surface area (Å²) in [6.45, 7) is 1.48. The van der Waals surface area contributed by atoms with Gasteiger partial charge in [0.1, 0.15) is 5.82 Å². The van der Waals surface area contributed by atoms with Gasteiger partial charge in [-0.15, -0.1) is 0 Å². The van der Waals surface area contributed by atoms with Crippen molar-refractivity contribution in [1.29, 1.82) is 0 Å². The highest BCUT2D eigenvalue weighted by Gasteiger charge is 2.18. The topological polar surface area (TPSA) is 82.5 Å². The van der Waals surface area contributed by atoms with Crippen molar-refractivity contribution >= 4 is 17.8 Å². The predicted molar refractivity (Wildman–Crippen MR) is 61.0 cm³/mol. The molecule has 6 heteroatoms. The number of aromatic nitrogens is 1. The Morgan fingerprint density at radius 2 is 2.00 bits per heavy atom. The van der Waals surface area contributed by atoms with Gasteiger partial charge in [0.05, 0.1) is 0 Å². The molecule has 2 heterocycles. The van der Waals surface area contributed by atoms with E-state index in [0.29, 0.717) is 0 Å². The van der Waals surface area contributed by atoms with Gasteiger partial charge in [0.2, 0.25) is 0 Å². The van der Waals surface area contributed by atoms with Gasteiger partial charge in [0, 0.05) is 13.1 Å². The van der Waals surface area contributed by atoms with E-state index in [1.807, 2.05) is 0 Å². The Morgan fingerprint density at radius 1 is 1.29 bits per heavy atom. The molecule has 1 fully saturated rings. The molecule has 6 nitrogen and oxygen atoms in total. The summed E-state index contributed by atoms with van der Waals surface area (Å²) < 4.78 is 0. The number of carboxylic acids is 1. The third kappa shape index (κ3) is 2.72. The van der Waals surface area contributed by atoms with Crippen LogP contribution in [0.25, 0.3) is 0 Å². The molecule has 0 atom stereocenters. The van der Waals surface area contributed by atoms with E-state index in [2.05, 4.69) is 10.3 Å². The molecule has 0 bridgehead atoms. The van der Waals surface area contributed by atoms with Crippen LogP contribution in [0.3, 0.4) is 0 Å². The fourth-order valence-electron chi connectivity index (χ4n) is 1.73. The molecule has 17 heavy (non-hydrogen) atoms. The largest absolute Gasteiger partial charge is 0.477 e. The van der Waals surface area contributed by atoms with Gasteiger partial charge in [0.15, 0.2) is 5.69 Å². The van der Waals surface area contributed by atoms with Gasteiger partial charge >= 0.3 is 12.0 Å². The molecule has 0 unspecified atom stereocenters. The summed E-state index contributed by atoms with van der Waals surface area (Å²) in [6.07, 6.45) is 2.02. The summed E-state index contributed by atoms with van der Waals surface area (Å²) >= 11 is 0. The number of carbonyl (C=O) groups is 2. The molecule has 2 rings (SSSR count). The molecule has 0 saturated carbocycles. The average Bonchev–Trinajstić information content (AvgIpc) is 2.82. The van der Waals surface area contributed by atoms with Crippen molar-refractivity contribution in [3.8, 4) is 0 Å². The van der Waals surface area contributed by atoms with Gasteiger partial charge in [-0.25, -0.2) is 14.6 Å². The number of amides is 2. The highest BCUT2D eigenvalue weighted by atomic mass is 16.4. The van der Waals surface area contributed by atoms with E-state index in [9.17, 15) is 9.59 Å². The van der Waals surface area contributed by atoms with Gasteiger partial charge in [-0.3, -0.25) is 5.32 Å². The number of nitrogens with one attached hydrogen (secondary N) is 1. The van der Waals surface area contributed by atoms with Crippen LogP contribution in [-0.4, -0.2) is 40.1 Å². The van der Waals surface area contributed by atoms with Crippen molar-refractivity contribution in [2.45, 2.75) is 12.8 Å². The summed E-state index contributed by atoms with van der Waals surface area (Å²) in [5.41, 5.74) is -0.0794. The number of aromatic carboxylic acids is 1. The van der Waals surface area contributed by atoms with Crippen molar-refractivity contribution in [2.24, 2.45) is 0 Å². The lowest BCUT2D eigenvalue weighted by atomic mass is 10.3. The van der Waals surface area contributed by atoms with E-state index in [1.165, 1.54) is 6.07 Å². The number of pyridine rings is 1. The second-order valence-corrected chi connectivity index (χ2v) is 3.84. The van der Waals surface area contributed by atoms with Crippen molar-refractivity contribution < 1.29 is 14.7 Å². The third-order valence-electron chi connectivity index (χ3n) is 2.60. The first-order valence-electron chi connectivity index (χ1n) is 5.43. The van der Waals surface area contributed by atoms with Crippen LogP contribution in [0, 0.1) is 0 Å². The number of hydrogen-bond acceptors (Lipinski definition) is 3. The third-order valence-corrected chi connectivity index (χ3v) is 2.60.